The summed E-state index contributed by atoms with van der Waals surface area (Å²) in [6.07, 6.45) is 6.97. The largest absolute Gasteiger partial charge is 0.460 e. The molecule has 6 atom stereocenters. The Labute approximate surface area is 329 Å². The maximum Gasteiger partial charge on any atom is 0.306 e. The van der Waals surface area contributed by atoms with Crippen molar-refractivity contribution in [3.05, 3.63) is 66.6 Å². The average Bonchev–Trinajstić information content (AvgIpc) is 3.58. The predicted octanol–water partition coefficient (Wildman–Crippen LogP) is 9.10. The minimum Gasteiger partial charge on any atom is -0.460 e. The second-order valence-corrected chi connectivity index (χ2v) is 18.4. The van der Waals surface area contributed by atoms with E-state index in [1.54, 1.807) is 12.1 Å². The Morgan fingerprint density at radius 2 is 1.38 bits per heavy atom. The van der Waals surface area contributed by atoms with Gasteiger partial charge in [0.25, 0.3) is 0 Å². The van der Waals surface area contributed by atoms with Crippen molar-refractivity contribution in [2.24, 2.45) is 11.8 Å². The van der Waals surface area contributed by atoms with Gasteiger partial charge >= 0.3 is 11.9 Å². The summed E-state index contributed by atoms with van der Waals surface area (Å²) in [5.41, 5.74) is 3.62. The van der Waals surface area contributed by atoms with Crippen molar-refractivity contribution in [3.8, 4) is 0 Å². The predicted molar refractivity (Wildman–Crippen MR) is 208 cm³/mol. The zero-order valence-electron chi connectivity index (χ0n) is 31.2. The zero-order chi connectivity index (χ0) is 38.0. The summed E-state index contributed by atoms with van der Waals surface area (Å²) in [5.74, 6) is 0.497. The van der Waals surface area contributed by atoms with Crippen LogP contribution in [0.25, 0.3) is 0 Å². The molecule has 12 heteroatoms. The molecule has 8 nitrogen and oxygen atoms in total. The van der Waals surface area contributed by atoms with Crippen LogP contribution in [0.5, 0.6) is 0 Å². The Morgan fingerprint density at radius 1 is 0.827 bits per heavy atom. The van der Waals surface area contributed by atoms with E-state index in [1.807, 2.05) is 53.7 Å². The van der Waals surface area contributed by atoms with Gasteiger partial charge in [0.05, 0.1) is 18.2 Å². The number of fused-ring (bicyclic) bond motifs is 4. The van der Waals surface area contributed by atoms with E-state index in [2.05, 4.69) is 10.2 Å². The van der Waals surface area contributed by atoms with E-state index in [1.165, 1.54) is 17.5 Å². The van der Waals surface area contributed by atoms with E-state index in [9.17, 15) is 14.7 Å². The van der Waals surface area contributed by atoms with E-state index >= 15 is 0 Å². The van der Waals surface area contributed by atoms with Gasteiger partial charge < -0.3 is 24.6 Å². The third-order valence-electron chi connectivity index (χ3n) is 9.87. The molecule has 3 fully saturated rings. The monoisotopic (exact) mass is 798 g/mol. The van der Waals surface area contributed by atoms with E-state index in [0.717, 1.165) is 68.0 Å². The number of carbonyl (C=O) groups excluding carboxylic acids is 2. The van der Waals surface area contributed by atoms with Crippen molar-refractivity contribution in [2.45, 2.75) is 128 Å². The molecule has 0 spiro atoms. The molecule has 5 aliphatic rings. The van der Waals surface area contributed by atoms with Crippen LogP contribution in [-0.2, 0) is 36.6 Å². The number of likely N-dealkylation sites (tertiary alicyclic amines) is 1. The van der Waals surface area contributed by atoms with Gasteiger partial charge in [-0.25, -0.2) is 0 Å². The summed E-state index contributed by atoms with van der Waals surface area (Å²) in [4.78, 5) is 25.9. The van der Waals surface area contributed by atoms with Crippen LogP contribution in [0.3, 0.4) is 0 Å². The summed E-state index contributed by atoms with van der Waals surface area (Å²) in [7, 11) is 0. The minimum atomic E-state index is -0.499. The highest BCUT2D eigenvalue weighted by atomic mass is 35.5. The molecule has 0 unspecified atom stereocenters. The van der Waals surface area contributed by atoms with Crippen LogP contribution in [-0.4, -0.2) is 71.5 Å². The number of aliphatic hydroxyl groups excluding tert-OH is 1. The van der Waals surface area contributed by atoms with E-state index in [4.69, 9.17) is 60.6 Å². The maximum absolute atomic E-state index is 12.2. The average molecular weight is 801 g/mol. The van der Waals surface area contributed by atoms with Crippen molar-refractivity contribution >= 4 is 58.3 Å². The molecular weight excluding hydrogens is 746 g/mol. The number of rotatable bonds is 5. The number of epoxide rings is 1. The SMILES string of the molecule is CC(C)(C)OC(=O)C[C@@H]1CCCN([C@@H]2c3cc(Cl)cc(Cl)c3C[C@H]2O)C1.CC(C)(C)OC(=O)C[C@@H]1CCCNC1.Clc1cc(Cl)c2c(c1)[C@@H]1O[C@@H]1C2. The Kier molecular flexibility index (Phi) is 13.9. The van der Waals surface area contributed by atoms with Gasteiger partial charge in [0.15, 0.2) is 0 Å². The lowest BCUT2D eigenvalue weighted by Gasteiger charge is -2.38. The molecule has 52 heavy (non-hydrogen) atoms. The molecule has 7 rings (SSSR count). The molecule has 288 valence electrons. The lowest BCUT2D eigenvalue weighted by molar-refractivity contribution is -0.157. The third-order valence-corrected chi connectivity index (χ3v) is 11.0. The van der Waals surface area contributed by atoms with Gasteiger partial charge in [-0.3, -0.25) is 14.5 Å². The molecule has 2 aromatic carbocycles. The van der Waals surface area contributed by atoms with Crippen LogP contribution < -0.4 is 5.32 Å². The molecule has 0 aromatic heterocycles. The van der Waals surface area contributed by atoms with Crippen LogP contribution in [0.4, 0.5) is 0 Å². The Hall–Kier alpha value is -1.62. The summed E-state index contributed by atoms with van der Waals surface area (Å²) < 4.78 is 16.1. The van der Waals surface area contributed by atoms with Crippen LogP contribution in [0.15, 0.2) is 24.3 Å². The molecule has 0 saturated carbocycles. The van der Waals surface area contributed by atoms with Crippen molar-refractivity contribution < 1.29 is 28.9 Å². The lowest BCUT2D eigenvalue weighted by atomic mass is 9.92. The second kappa shape index (κ2) is 17.5. The normalized spacial score (nSPS) is 26.4. The summed E-state index contributed by atoms with van der Waals surface area (Å²) >= 11 is 24.4. The van der Waals surface area contributed by atoms with Crippen molar-refractivity contribution in [1.82, 2.24) is 10.2 Å². The van der Waals surface area contributed by atoms with Gasteiger partial charge in [-0.2, -0.15) is 0 Å². The smallest absolute Gasteiger partial charge is 0.306 e. The van der Waals surface area contributed by atoms with Gasteiger partial charge in [0.1, 0.15) is 17.3 Å². The number of hydrogen-bond acceptors (Lipinski definition) is 8. The summed E-state index contributed by atoms with van der Waals surface area (Å²) in [6, 6.07) is 7.30. The van der Waals surface area contributed by atoms with Gasteiger partial charge in [0, 0.05) is 52.3 Å². The number of esters is 2. The first-order chi connectivity index (χ1) is 24.4. The Balaban J connectivity index is 0.000000168. The van der Waals surface area contributed by atoms with Crippen LogP contribution in [0.2, 0.25) is 20.1 Å². The van der Waals surface area contributed by atoms with Gasteiger partial charge in [-0.15, -0.1) is 0 Å². The lowest BCUT2D eigenvalue weighted by Crippen LogP contribution is -2.42. The Bertz CT molecular complexity index is 1590. The number of nitrogens with one attached hydrogen (secondary N) is 1. The second-order valence-electron chi connectivity index (χ2n) is 16.7. The van der Waals surface area contributed by atoms with Gasteiger partial charge in [0.2, 0.25) is 0 Å². The van der Waals surface area contributed by atoms with E-state index in [-0.39, 0.29) is 35.6 Å². The van der Waals surface area contributed by atoms with E-state index in [0.29, 0.717) is 46.4 Å². The van der Waals surface area contributed by atoms with Crippen LogP contribution in [0, 0.1) is 11.8 Å². The first kappa shape index (κ1) is 41.5. The topological polar surface area (TPSA) is 101 Å². The van der Waals surface area contributed by atoms with Gasteiger partial charge in [-0.05, 0) is 145 Å². The molecule has 0 bridgehead atoms. The number of nitrogens with zero attached hydrogens (tertiary/aromatic N) is 1. The molecule has 3 heterocycles. The first-order valence-corrected chi connectivity index (χ1v) is 20.1. The standard InChI is InChI=1S/C20H27Cl2NO3.C11H21NO2.C9H6Cl2O/c1-20(2,3)26-18(25)7-12-5-4-6-23(11-12)19-15-8-13(21)9-16(22)14(15)10-17(19)24;1-11(2,3)14-10(13)7-9-5-4-6-12-8-9;10-4-1-6-5(7(11)2-4)3-8-9(6)12-8/h8-9,12,17,19,24H,4-7,10-11H2,1-3H3;9,12H,4-8H2,1-3H3;1-2,8-9H,3H2/t12-,17+,19+;9-;8-,9+/m001/s1. The fourth-order valence-corrected chi connectivity index (χ4v) is 8.96. The summed E-state index contributed by atoms with van der Waals surface area (Å²) in [6.45, 7) is 15.1. The Morgan fingerprint density at radius 3 is 1.96 bits per heavy atom. The number of piperidine rings is 2. The van der Waals surface area contributed by atoms with Gasteiger partial charge in [-0.1, -0.05) is 46.4 Å². The first-order valence-electron chi connectivity index (χ1n) is 18.5. The van der Waals surface area contributed by atoms with Crippen molar-refractivity contribution in [3.63, 3.8) is 0 Å². The molecule has 2 N–H and O–H groups in total. The molecular formula is C40H54Cl4N2O6. The maximum atomic E-state index is 12.2. The number of ether oxygens (including phenoxy) is 3. The molecule has 2 aromatic rings. The number of aliphatic hydroxyl groups is 1. The minimum absolute atomic E-state index is 0.0637. The van der Waals surface area contributed by atoms with E-state index < -0.39 is 11.7 Å². The highest BCUT2D eigenvalue weighted by molar-refractivity contribution is 6.35. The number of carbonyl (C=O) groups is 2. The van der Waals surface area contributed by atoms with Crippen molar-refractivity contribution in [1.29, 1.82) is 0 Å². The molecule has 3 saturated heterocycles. The number of benzene rings is 2. The molecule has 3 aliphatic heterocycles. The fraction of sp³-hybridized carbons (Fsp3) is 0.650. The highest BCUT2D eigenvalue weighted by Gasteiger charge is 2.48. The molecule has 0 amide bonds. The zero-order valence-corrected chi connectivity index (χ0v) is 34.2. The number of halogens is 4. The highest BCUT2D eigenvalue weighted by Crippen LogP contribution is 2.51. The quantitative estimate of drug-likeness (QED) is 0.228. The fourth-order valence-electron chi connectivity index (χ4n) is 7.79. The third kappa shape index (κ3) is 11.7. The van der Waals surface area contributed by atoms with Crippen LogP contribution >= 0.6 is 46.4 Å². The summed E-state index contributed by atoms with van der Waals surface area (Å²) in [5, 5.41) is 16.7. The molecule has 0 radical (unpaired) electrons. The number of hydrogen-bond donors (Lipinski definition) is 2. The van der Waals surface area contributed by atoms with Crippen LogP contribution in [0.1, 0.15) is 114 Å². The molecule has 2 aliphatic carbocycles. The van der Waals surface area contributed by atoms with Crippen molar-refractivity contribution in [2.75, 3.05) is 26.2 Å².